The Morgan fingerprint density at radius 3 is 2.70 bits per heavy atom. The first-order valence-electron chi connectivity index (χ1n) is 6.77. The minimum absolute atomic E-state index is 0.0254. The summed E-state index contributed by atoms with van der Waals surface area (Å²) in [4.78, 5) is 26.7. The van der Waals surface area contributed by atoms with E-state index in [1.54, 1.807) is 4.90 Å². The molecular formula is C12H17N5O3. The van der Waals surface area contributed by atoms with E-state index in [9.17, 15) is 9.59 Å². The Balaban J connectivity index is 1.58. The van der Waals surface area contributed by atoms with Crippen molar-refractivity contribution < 1.29 is 14.7 Å². The van der Waals surface area contributed by atoms with E-state index < -0.39 is 5.97 Å². The number of carboxylic acid groups (broad SMARTS) is 1. The van der Waals surface area contributed by atoms with Crippen LogP contribution in [-0.4, -0.2) is 67.6 Å². The molecule has 1 aromatic heterocycles. The Hall–Kier alpha value is -2.12. The molecule has 0 spiro atoms. The van der Waals surface area contributed by atoms with Crippen LogP contribution in [0.4, 0.5) is 4.79 Å². The summed E-state index contributed by atoms with van der Waals surface area (Å²) in [6.45, 7) is 4.02. The Bertz CT molecular complexity index is 537. The van der Waals surface area contributed by atoms with Crippen molar-refractivity contribution >= 4 is 12.0 Å². The molecule has 2 saturated heterocycles. The van der Waals surface area contributed by atoms with Crippen LogP contribution in [0, 0.1) is 0 Å². The third-order valence-corrected chi connectivity index (χ3v) is 4.03. The van der Waals surface area contributed by atoms with Gasteiger partial charge in [-0.05, 0) is 19.8 Å². The second kappa shape index (κ2) is 4.77. The normalized spacial score (nSPS) is 22.9. The van der Waals surface area contributed by atoms with Gasteiger partial charge in [0.1, 0.15) is 0 Å². The lowest BCUT2D eigenvalue weighted by molar-refractivity contribution is 0.0689. The molecule has 2 amide bonds. The highest BCUT2D eigenvalue weighted by atomic mass is 16.4. The number of hydrogen-bond donors (Lipinski definition) is 1. The molecule has 2 aliphatic heterocycles. The lowest BCUT2D eigenvalue weighted by Crippen LogP contribution is -2.56. The molecule has 0 radical (unpaired) electrons. The number of carboxylic acids is 1. The maximum Gasteiger partial charge on any atom is 0.358 e. The number of aromatic carboxylic acids is 1. The van der Waals surface area contributed by atoms with Crippen LogP contribution in [0.3, 0.4) is 0 Å². The smallest absolute Gasteiger partial charge is 0.358 e. The van der Waals surface area contributed by atoms with Crippen LogP contribution in [0.1, 0.15) is 36.3 Å². The molecule has 0 aliphatic carbocycles. The molecule has 0 saturated carbocycles. The number of aromatic nitrogens is 3. The molecule has 1 unspecified atom stereocenters. The van der Waals surface area contributed by atoms with E-state index in [0.29, 0.717) is 19.1 Å². The van der Waals surface area contributed by atoms with Crippen molar-refractivity contribution in [3.8, 4) is 0 Å². The lowest BCUT2D eigenvalue weighted by Gasteiger charge is -2.41. The SMILES string of the molecule is CC1CCCN1C(=O)N1CC(n2cc(C(=O)O)nn2)C1. The summed E-state index contributed by atoms with van der Waals surface area (Å²) in [6, 6.07) is 0.411. The number of nitrogens with zero attached hydrogens (tertiary/aromatic N) is 5. The molecule has 1 aromatic rings. The fraction of sp³-hybridized carbons (Fsp3) is 0.667. The van der Waals surface area contributed by atoms with Crippen LogP contribution in [0.15, 0.2) is 6.20 Å². The largest absolute Gasteiger partial charge is 0.476 e. The van der Waals surface area contributed by atoms with E-state index in [1.165, 1.54) is 10.9 Å². The first-order chi connectivity index (χ1) is 9.56. The first-order valence-corrected chi connectivity index (χ1v) is 6.77. The monoisotopic (exact) mass is 279 g/mol. The Morgan fingerprint density at radius 1 is 1.40 bits per heavy atom. The zero-order valence-electron chi connectivity index (χ0n) is 11.3. The van der Waals surface area contributed by atoms with Gasteiger partial charge in [0.05, 0.1) is 12.2 Å². The molecule has 2 fully saturated rings. The van der Waals surface area contributed by atoms with Gasteiger partial charge in [-0.3, -0.25) is 0 Å². The summed E-state index contributed by atoms with van der Waals surface area (Å²) in [5.74, 6) is -1.09. The number of hydrogen-bond acceptors (Lipinski definition) is 4. The molecule has 1 atom stereocenters. The van der Waals surface area contributed by atoms with Crippen molar-refractivity contribution in [2.24, 2.45) is 0 Å². The number of carbonyl (C=O) groups is 2. The van der Waals surface area contributed by atoms with Crippen LogP contribution in [0.2, 0.25) is 0 Å². The Kier molecular flexibility index (Phi) is 3.07. The summed E-state index contributed by atoms with van der Waals surface area (Å²) < 4.78 is 1.53. The van der Waals surface area contributed by atoms with E-state index in [4.69, 9.17) is 5.11 Å². The van der Waals surface area contributed by atoms with E-state index in [0.717, 1.165) is 19.4 Å². The van der Waals surface area contributed by atoms with Gasteiger partial charge in [-0.2, -0.15) is 0 Å². The van der Waals surface area contributed by atoms with Gasteiger partial charge in [0.25, 0.3) is 0 Å². The predicted molar refractivity (Wildman–Crippen MR) is 68.4 cm³/mol. The van der Waals surface area contributed by atoms with Crippen molar-refractivity contribution in [2.45, 2.75) is 31.8 Å². The van der Waals surface area contributed by atoms with Gasteiger partial charge in [-0.25, -0.2) is 14.3 Å². The quantitative estimate of drug-likeness (QED) is 0.848. The van der Waals surface area contributed by atoms with E-state index in [2.05, 4.69) is 17.2 Å². The molecular weight excluding hydrogens is 262 g/mol. The number of urea groups is 1. The summed E-state index contributed by atoms with van der Waals surface area (Å²) in [5, 5.41) is 16.2. The van der Waals surface area contributed by atoms with Crippen molar-refractivity contribution in [3.05, 3.63) is 11.9 Å². The topological polar surface area (TPSA) is 91.6 Å². The number of carbonyl (C=O) groups excluding carboxylic acids is 1. The predicted octanol–water partition coefficient (Wildman–Crippen LogP) is 0.437. The van der Waals surface area contributed by atoms with Crippen molar-refractivity contribution in [3.63, 3.8) is 0 Å². The standard InChI is InChI=1S/C12H17N5O3/c1-8-3-2-4-16(8)12(20)15-5-9(6-15)17-7-10(11(18)19)13-14-17/h7-9H,2-6H2,1H3,(H,18,19). The second-order valence-corrected chi connectivity index (χ2v) is 5.41. The van der Waals surface area contributed by atoms with Gasteiger partial charge < -0.3 is 14.9 Å². The van der Waals surface area contributed by atoms with Crippen LogP contribution in [-0.2, 0) is 0 Å². The van der Waals surface area contributed by atoms with E-state index in [-0.39, 0.29) is 17.8 Å². The van der Waals surface area contributed by atoms with Crippen LogP contribution in [0.5, 0.6) is 0 Å². The summed E-state index contributed by atoms with van der Waals surface area (Å²) in [6.07, 6.45) is 3.54. The summed E-state index contributed by atoms with van der Waals surface area (Å²) >= 11 is 0. The van der Waals surface area contributed by atoms with Gasteiger partial charge in [-0.1, -0.05) is 5.21 Å². The highest BCUT2D eigenvalue weighted by molar-refractivity contribution is 5.84. The van der Waals surface area contributed by atoms with Crippen molar-refractivity contribution in [1.29, 1.82) is 0 Å². The molecule has 0 bridgehead atoms. The molecule has 8 heteroatoms. The first kappa shape index (κ1) is 12.9. The Labute approximate surface area is 116 Å². The number of amides is 2. The van der Waals surface area contributed by atoms with E-state index in [1.807, 2.05) is 4.90 Å². The van der Waals surface area contributed by atoms with Crippen molar-refractivity contribution in [1.82, 2.24) is 24.8 Å². The van der Waals surface area contributed by atoms with Gasteiger partial charge >= 0.3 is 12.0 Å². The average Bonchev–Trinajstić information content (AvgIpc) is 2.95. The maximum atomic E-state index is 12.2. The maximum absolute atomic E-state index is 12.2. The third-order valence-electron chi connectivity index (χ3n) is 4.03. The van der Waals surface area contributed by atoms with Crippen molar-refractivity contribution in [2.75, 3.05) is 19.6 Å². The van der Waals surface area contributed by atoms with Crippen LogP contribution >= 0.6 is 0 Å². The molecule has 2 aliphatic rings. The lowest BCUT2D eigenvalue weighted by atomic mass is 10.1. The molecule has 0 aromatic carbocycles. The molecule has 1 N–H and O–H groups in total. The van der Waals surface area contributed by atoms with Gasteiger partial charge in [0.2, 0.25) is 0 Å². The summed E-state index contributed by atoms with van der Waals surface area (Å²) in [5.41, 5.74) is -0.0667. The molecule has 8 nitrogen and oxygen atoms in total. The highest BCUT2D eigenvalue weighted by Gasteiger charge is 2.37. The highest BCUT2D eigenvalue weighted by Crippen LogP contribution is 2.25. The van der Waals surface area contributed by atoms with E-state index >= 15 is 0 Å². The number of likely N-dealkylation sites (tertiary alicyclic amines) is 2. The molecule has 108 valence electrons. The Morgan fingerprint density at radius 2 is 2.15 bits per heavy atom. The fourth-order valence-corrected chi connectivity index (χ4v) is 2.73. The molecule has 3 rings (SSSR count). The van der Waals surface area contributed by atoms with Crippen LogP contribution < -0.4 is 0 Å². The zero-order valence-corrected chi connectivity index (χ0v) is 11.3. The van der Waals surface area contributed by atoms with Gasteiger partial charge in [-0.15, -0.1) is 5.10 Å². The summed E-state index contributed by atoms with van der Waals surface area (Å²) in [7, 11) is 0. The van der Waals surface area contributed by atoms with Crippen LogP contribution in [0.25, 0.3) is 0 Å². The second-order valence-electron chi connectivity index (χ2n) is 5.41. The molecule has 3 heterocycles. The number of rotatable bonds is 2. The molecule has 20 heavy (non-hydrogen) atoms. The van der Waals surface area contributed by atoms with Gasteiger partial charge in [0, 0.05) is 25.7 Å². The third kappa shape index (κ3) is 2.10. The average molecular weight is 279 g/mol. The van der Waals surface area contributed by atoms with Gasteiger partial charge in [0.15, 0.2) is 5.69 Å². The fourth-order valence-electron chi connectivity index (χ4n) is 2.73. The minimum Gasteiger partial charge on any atom is -0.476 e. The zero-order chi connectivity index (χ0) is 14.3. The minimum atomic E-state index is -1.09.